The quantitative estimate of drug-likeness (QED) is 0.687. The zero-order chi connectivity index (χ0) is 16.8. The first-order chi connectivity index (χ1) is 11.1. The van der Waals surface area contributed by atoms with Crippen molar-refractivity contribution in [3.8, 4) is 0 Å². The zero-order valence-corrected chi connectivity index (χ0v) is 14.1. The van der Waals surface area contributed by atoms with Crippen LogP contribution in [0.2, 0.25) is 0 Å². The fourth-order valence-corrected chi connectivity index (χ4v) is 3.20. The second-order valence-corrected chi connectivity index (χ2v) is 6.21. The van der Waals surface area contributed by atoms with Crippen molar-refractivity contribution in [1.82, 2.24) is 14.7 Å². The van der Waals surface area contributed by atoms with Crippen LogP contribution in [-0.4, -0.2) is 85.4 Å². The number of nitrogens with zero attached hydrogens (tertiary/aromatic N) is 3. The van der Waals surface area contributed by atoms with E-state index in [1.807, 2.05) is 11.8 Å². The Labute approximate surface area is 137 Å². The lowest BCUT2D eigenvalue weighted by Gasteiger charge is -2.38. The van der Waals surface area contributed by atoms with Crippen molar-refractivity contribution < 1.29 is 19.1 Å². The lowest BCUT2D eigenvalue weighted by molar-refractivity contribution is -0.150. The van der Waals surface area contributed by atoms with Gasteiger partial charge in [0.15, 0.2) is 0 Å². The average Bonchev–Trinajstić information content (AvgIpc) is 2.55. The molecule has 7 nitrogen and oxygen atoms in total. The van der Waals surface area contributed by atoms with Crippen molar-refractivity contribution in [2.24, 2.45) is 5.92 Å². The summed E-state index contributed by atoms with van der Waals surface area (Å²) in [6.45, 7) is 5.58. The number of ether oxygens (including phenoxy) is 1. The fourth-order valence-electron chi connectivity index (χ4n) is 3.20. The Balaban J connectivity index is 1.90. The number of likely N-dealkylation sites (tertiary alicyclic amines) is 1. The molecular weight excluding hydrogens is 298 g/mol. The molecule has 0 radical (unpaired) electrons. The molecule has 2 aliphatic rings. The van der Waals surface area contributed by atoms with Gasteiger partial charge >= 0.3 is 0 Å². The van der Waals surface area contributed by atoms with Crippen LogP contribution in [0.4, 0.5) is 0 Å². The predicted octanol–water partition coefficient (Wildman–Crippen LogP) is -0.0478. The van der Waals surface area contributed by atoms with Crippen molar-refractivity contribution in [2.45, 2.75) is 26.2 Å². The molecule has 2 saturated heterocycles. The molecular formula is C16H27N3O4. The molecule has 7 heteroatoms. The summed E-state index contributed by atoms with van der Waals surface area (Å²) < 4.78 is 5.01. The SMILES string of the molecule is CCCN1CCN(C(=O)[C@@H]2CCC(=O)N(CCOC)C2)CC1=O. The fraction of sp³-hybridized carbons (Fsp3) is 0.812. The van der Waals surface area contributed by atoms with Gasteiger partial charge in [0.1, 0.15) is 0 Å². The molecule has 0 saturated carbocycles. The normalized spacial score (nSPS) is 22.7. The van der Waals surface area contributed by atoms with Crippen LogP contribution in [0.15, 0.2) is 0 Å². The van der Waals surface area contributed by atoms with E-state index in [2.05, 4.69) is 0 Å². The van der Waals surface area contributed by atoms with Gasteiger partial charge in [-0.1, -0.05) is 6.92 Å². The molecule has 2 heterocycles. The summed E-state index contributed by atoms with van der Waals surface area (Å²) in [5.74, 6) is -0.0935. The number of rotatable bonds is 6. The van der Waals surface area contributed by atoms with Gasteiger partial charge in [-0.05, 0) is 12.8 Å². The largest absolute Gasteiger partial charge is 0.383 e. The van der Waals surface area contributed by atoms with E-state index in [1.165, 1.54) is 0 Å². The highest BCUT2D eigenvalue weighted by molar-refractivity contribution is 5.88. The van der Waals surface area contributed by atoms with Gasteiger partial charge < -0.3 is 19.4 Å². The van der Waals surface area contributed by atoms with Gasteiger partial charge in [0.25, 0.3) is 0 Å². The highest BCUT2D eigenvalue weighted by Crippen LogP contribution is 2.20. The van der Waals surface area contributed by atoms with E-state index >= 15 is 0 Å². The van der Waals surface area contributed by atoms with Crippen LogP contribution in [0.25, 0.3) is 0 Å². The van der Waals surface area contributed by atoms with E-state index in [-0.39, 0.29) is 30.2 Å². The van der Waals surface area contributed by atoms with Crippen molar-refractivity contribution in [2.75, 3.05) is 53.0 Å². The molecule has 0 bridgehead atoms. The number of hydrogen-bond acceptors (Lipinski definition) is 4. The van der Waals surface area contributed by atoms with Crippen LogP contribution < -0.4 is 0 Å². The number of carbonyl (C=O) groups is 3. The lowest BCUT2D eigenvalue weighted by Crippen LogP contribution is -2.55. The molecule has 130 valence electrons. The Morgan fingerprint density at radius 3 is 2.61 bits per heavy atom. The number of carbonyl (C=O) groups excluding carboxylic acids is 3. The third-order valence-corrected chi connectivity index (χ3v) is 4.54. The van der Waals surface area contributed by atoms with Crippen LogP contribution in [0.1, 0.15) is 26.2 Å². The molecule has 2 fully saturated rings. The highest BCUT2D eigenvalue weighted by atomic mass is 16.5. The molecule has 0 aromatic carbocycles. The first-order valence-electron chi connectivity index (χ1n) is 8.40. The summed E-state index contributed by atoms with van der Waals surface area (Å²) in [5, 5.41) is 0. The minimum atomic E-state index is -0.199. The molecule has 23 heavy (non-hydrogen) atoms. The predicted molar refractivity (Wildman–Crippen MR) is 84.6 cm³/mol. The molecule has 0 unspecified atom stereocenters. The Kier molecular flexibility index (Phi) is 6.38. The van der Waals surface area contributed by atoms with E-state index in [0.29, 0.717) is 45.6 Å². The summed E-state index contributed by atoms with van der Waals surface area (Å²) >= 11 is 0. The maximum atomic E-state index is 12.7. The van der Waals surface area contributed by atoms with E-state index in [4.69, 9.17) is 4.74 Å². The van der Waals surface area contributed by atoms with Gasteiger partial charge in [-0.25, -0.2) is 0 Å². The number of amides is 3. The van der Waals surface area contributed by atoms with Gasteiger partial charge in [0.2, 0.25) is 17.7 Å². The van der Waals surface area contributed by atoms with Gasteiger partial charge in [0, 0.05) is 46.3 Å². The number of piperazine rings is 1. The maximum absolute atomic E-state index is 12.7. The Bertz CT molecular complexity index is 455. The van der Waals surface area contributed by atoms with Crippen molar-refractivity contribution in [3.05, 3.63) is 0 Å². The van der Waals surface area contributed by atoms with Crippen molar-refractivity contribution in [3.63, 3.8) is 0 Å². The average molecular weight is 325 g/mol. The molecule has 2 aliphatic heterocycles. The third kappa shape index (κ3) is 4.43. The second-order valence-electron chi connectivity index (χ2n) is 6.21. The molecule has 0 aromatic rings. The van der Waals surface area contributed by atoms with E-state index in [1.54, 1.807) is 16.9 Å². The second kappa shape index (κ2) is 8.29. The maximum Gasteiger partial charge on any atom is 0.242 e. The smallest absolute Gasteiger partial charge is 0.242 e. The minimum absolute atomic E-state index is 0.00409. The number of hydrogen-bond donors (Lipinski definition) is 0. The monoisotopic (exact) mass is 325 g/mol. The van der Waals surface area contributed by atoms with E-state index in [9.17, 15) is 14.4 Å². The summed E-state index contributed by atoms with van der Waals surface area (Å²) in [5.41, 5.74) is 0. The number of methoxy groups -OCH3 is 1. The van der Waals surface area contributed by atoms with E-state index in [0.717, 1.165) is 13.0 Å². The van der Waals surface area contributed by atoms with Crippen LogP contribution in [-0.2, 0) is 19.1 Å². The molecule has 3 amide bonds. The summed E-state index contributed by atoms with van der Waals surface area (Å²) in [4.78, 5) is 41.8. The zero-order valence-electron chi connectivity index (χ0n) is 14.1. The Hall–Kier alpha value is -1.63. The first kappa shape index (κ1) is 17.7. The van der Waals surface area contributed by atoms with Gasteiger partial charge in [0.05, 0.1) is 19.1 Å². The lowest BCUT2D eigenvalue weighted by atomic mass is 9.95. The van der Waals surface area contributed by atoms with Crippen LogP contribution in [0, 0.1) is 5.92 Å². The first-order valence-corrected chi connectivity index (χ1v) is 8.40. The summed E-state index contributed by atoms with van der Waals surface area (Å²) in [7, 11) is 1.60. The molecule has 0 aliphatic carbocycles. The molecule has 2 rings (SSSR count). The summed E-state index contributed by atoms with van der Waals surface area (Å²) in [6, 6.07) is 0. The van der Waals surface area contributed by atoms with Gasteiger partial charge in [-0.3, -0.25) is 14.4 Å². The minimum Gasteiger partial charge on any atom is -0.383 e. The van der Waals surface area contributed by atoms with Crippen LogP contribution in [0.5, 0.6) is 0 Å². The van der Waals surface area contributed by atoms with Crippen molar-refractivity contribution >= 4 is 17.7 Å². The molecule has 0 N–H and O–H groups in total. The van der Waals surface area contributed by atoms with Crippen LogP contribution in [0.3, 0.4) is 0 Å². The summed E-state index contributed by atoms with van der Waals surface area (Å²) in [6.07, 6.45) is 1.90. The van der Waals surface area contributed by atoms with Crippen molar-refractivity contribution in [1.29, 1.82) is 0 Å². The Morgan fingerprint density at radius 2 is 1.96 bits per heavy atom. The van der Waals surface area contributed by atoms with Crippen LogP contribution >= 0.6 is 0 Å². The molecule has 0 spiro atoms. The van der Waals surface area contributed by atoms with Gasteiger partial charge in [-0.15, -0.1) is 0 Å². The van der Waals surface area contributed by atoms with Gasteiger partial charge in [-0.2, -0.15) is 0 Å². The topological polar surface area (TPSA) is 70.2 Å². The molecule has 1 atom stereocenters. The Morgan fingerprint density at radius 1 is 1.17 bits per heavy atom. The third-order valence-electron chi connectivity index (χ3n) is 4.54. The standard InChI is InChI=1S/C16H27N3O4/c1-3-6-17-7-8-19(12-15(17)21)16(22)13-4-5-14(20)18(11-13)9-10-23-2/h13H,3-12H2,1-2H3/t13-/m1/s1. The van der Waals surface area contributed by atoms with E-state index < -0.39 is 0 Å². The number of piperidine rings is 1. The highest BCUT2D eigenvalue weighted by Gasteiger charge is 2.35. The molecule has 0 aromatic heterocycles.